The zero-order valence-electron chi connectivity index (χ0n) is 12.0. The molecule has 1 amide bonds. The van der Waals surface area contributed by atoms with Gasteiger partial charge < -0.3 is 19.4 Å². The van der Waals surface area contributed by atoms with Crippen molar-refractivity contribution in [2.75, 3.05) is 39.4 Å². The third-order valence-electron chi connectivity index (χ3n) is 3.36. The Morgan fingerprint density at radius 2 is 2.14 bits per heavy atom. The van der Waals surface area contributed by atoms with Crippen molar-refractivity contribution in [3.63, 3.8) is 0 Å². The number of aryl methyl sites for hydroxylation is 1. The molecule has 1 aromatic rings. The van der Waals surface area contributed by atoms with E-state index in [4.69, 9.17) is 21.4 Å². The maximum absolute atomic E-state index is 11.8. The van der Waals surface area contributed by atoms with Crippen LogP contribution in [0.2, 0.25) is 0 Å². The second-order valence-electron chi connectivity index (χ2n) is 4.84. The first-order valence-corrected chi connectivity index (χ1v) is 7.37. The van der Waals surface area contributed by atoms with Crippen molar-refractivity contribution in [1.82, 2.24) is 16.2 Å². The van der Waals surface area contributed by atoms with E-state index in [2.05, 4.69) is 16.2 Å². The van der Waals surface area contributed by atoms with Gasteiger partial charge in [0.25, 0.3) is 5.91 Å². The van der Waals surface area contributed by atoms with Crippen molar-refractivity contribution in [3.05, 3.63) is 23.7 Å². The Bertz CT molecular complexity index is 486. The number of morpholine rings is 1. The lowest BCUT2D eigenvalue weighted by atomic mass is 10.2. The lowest BCUT2D eigenvalue weighted by molar-refractivity contribution is -0.906. The van der Waals surface area contributed by atoms with E-state index in [0.29, 0.717) is 16.4 Å². The molecule has 8 heteroatoms. The van der Waals surface area contributed by atoms with Crippen LogP contribution in [0.25, 0.3) is 0 Å². The van der Waals surface area contributed by atoms with Gasteiger partial charge in [-0.15, -0.1) is 0 Å². The third-order valence-corrected chi connectivity index (χ3v) is 3.60. The first kappa shape index (κ1) is 15.7. The van der Waals surface area contributed by atoms with Gasteiger partial charge in [0.15, 0.2) is 5.11 Å². The van der Waals surface area contributed by atoms with Gasteiger partial charge in [-0.25, -0.2) is 0 Å². The molecule has 0 aromatic carbocycles. The second kappa shape index (κ2) is 7.96. The first-order valence-electron chi connectivity index (χ1n) is 6.96. The van der Waals surface area contributed by atoms with Gasteiger partial charge in [0, 0.05) is 0 Å². The fourth-order valence-electron chi connectivity index (χ4n) is 2.11. The number of hydrazine groups is 1. The number of quaternary nitrogens is 1. The van der Waals surface area contributed by atoms with E-state index >= 15 is 0 Å². The minimum absolute atomic E-state index is 0.274. The number of carbonyl (C=O) groups excluding carboxylic acids is 1. The number of carbonyl (C=O) groups is 1. The summed E-state index contributed by atoms with van der Waals surface area (Å²) >= 11 is 5.11. The molecule has 0 atom stereocenters. The van der Waals surface area contributed by atoms with Gasteiger partial charge in [-0.05, 0) is 25.2 Å². The number of amides is 1. The monoisotopic (exact) mass is 313 g/mol. The number of nitrogens with one attached hydrogen (secondary N) is 4. The molecule has 116 valence electrons. The highest BCUT2D eigenvalue weighted by Crippen LogP contribution is 2.07. The molecule has 0 bridgehead atoms. The van der Waals surface area contributed by atoms with Gasteiger partial charge >= 0.3 is 0 Å². The van der Waals surface area contributed by atoms with E-state index < -0.39 is 0 Å². The summed E-state index contributed by atoms with van der Waals surface area (Å²) in [6, 6.07) is 1.62. The smallest absolute Gasteiger partial charge is 0.273 e. The molecule has 2 rings (SSSR count). The summed E-state index contributed by atoms with van der Waals surface area (Å²) < 4.78 is 10.4. The summed E-state index contributed by atoms with van der Waals surface area (Å²) in [6.45, 7) is 7.14. The average molecular weight is 313 g/mol. The topological polar surface area (TPSA) is 80.0 Å². The van der Waals surface area contributed by atoms with Crippen LogP contribution in [0, 0.1) is 6.92 Å². The van der Waals surface area contributed by atoms with Crippen molar-refractivity contribution in [2.24, 2.45) is 0 Å². The highest BCUT2D eigenvalue weighted by atomic mass is 32.1. The van der Waals surface area contributed by atoms with Crippen LogP contribution in [-0.4, -0.2) is 50.4 Å². The quantitative estimate of drug-likeness (QED) is 0.405. The number of hydrogen-bond donors (Lipinski definition) is 4. The molecule has 7 nitrogen and oxygen atoms in total. The van der Waals surface area contributed by atoms with E-state index in [1.807, 2.05) is 0 Å². The van der Waals surface area contributed by atoms with Crippen molar-refractivity contribution in [2.45, 2.75) is 6.92 Å². The molecule has 1 fully saturated rings. The highest BCUT2D eigenvalue weighted by molar-refractivity contribution is 7.80. The van der Waals surface area contributed by atoms with E-state index in [-0.39, 0.29) is 5.91 Å². The minimum atomic E-state index is -0.274. The number of rotatable bonds is 4. The van der Waals surface area contributed by atoms with Crippen molar-refractivity contribution < 1.29 is 18.8 Å². The molecule has 4 N–H and O–H groups in total. The number of hydrogen-bond acceptors (Lipinski definition) is 4. The zero-order valence-corrected chi connectivity index (χ0v) is 12.8. The largest absolute Gasteiger partial charge is 0.469 e. The molecule has 0 aliphatic carbocycles. The molecule has 0 unspecified atom stereocenters. The maximum atomic E-state index is 11.8. The van der Waals surface area contributed by atoms with Crippen molar-refractivity contribution in [3.8, 4) is 0 Å². The average Bonchev–Trinajstić information content (AvgIpc) is 2.92. The summed E-state index contributed by atoms with van der Waals surface area (Å²) in [7, 11) is 0. The van der Waals surface area contributed by atoms with Gasteiger partial charge in [-0.1, -0.05) is 0 Å². The molecule has 0 saturated carbocycles. The van der Waals surface area contributed by atoms with Crippen LogP contribution in [0.3, 0.4) is 0 Å². The van der Waals surface area contributed by atoms with E-state index in [1.165, 1.54) is 11.2 Å². The molecule has 1 aliphatic rings. The van der Waals surface area contributed by atoms with E-state index in [0.717, 1.165) is 39.4 Å². The van der Waals surface area contributed by atoms with E-state index in [9.17, 15) is 4.79 Å². The van der Waals surface area contributed by atoms with Crippen LogP contribution in [0.1, 0.15) is 16.1 Å². The van der Waals surface area contributed by atoms with Crippen LogP contribution in [0.4, 0.5) is 0 Å². The molecule has 1 aromatic heterocycles. The summed E-state index contributed by atoms with van der Waals surface area (Å²) in [4.78, 5) is 13.3. The Balaban J connectivity index is 1.61. The molecule has 0 radical (unpaired) electrons. The van der Waals surface area contributed by atoms with E-state index in [1.54, 1.807) is 13.0 Å². The Hall–Kier alpha value is -1.64. The third kappa shape index (κ3) is 5.00. The van der Waals surface area contributed by atoms with Crippen LogP contribution in [-0.2, 0) is 4.74 Å². The van der Waals surface area contributed by atoms with Crippen LogP contribution < -0.4 is 21.1 Å². The van der Waals surface area contributed by atoms with Crippen molar-refractivity contribution >= 4 is 23.2 Å². The summed E-state index contributed by atoms with van der Waals surface area (Å²) in [6.07, 6.45) is 1.48. The number of furan rings is 1. The number of thiocarbonyl (C=S) groups is 1. The number of ether oxygens (including phenoxy) is 1. The molecule has 21 heavy (non-hydrogen) atoms. The molecule has 2 heterocycles. The molecule has 1 aliphatic heterocycles. The van der Waals surface area contributed by atoms with Gasteiger partial charge in [0.2, 0.25) is 0 Å². The molecular formula is C13H21N4O3S+. The van der Waals surface area contributed by atoms with Gasteiger partial charge in [-0.3, -0.25) is 15.6 Å². The standard InChI is InChI=1S/C13H20N4O3S/c1-10-11(2-7-20-10)12(18)15-16-13(21)14-3-4-17-5-8-19-9-6-17/h2,7H,3-6,8-9H2,1H3,(H,15,18)(H2,14,16,21)/p+1. The Morgan fingerprint density at radius 1 is 1.38 bits per heavy atom. The summed E-state index contributed by atoms with van der Waals surface area (Å²) in [5.74, 6) is 0.299. The SMILES string of the molecule is Cc1occc1C(=O)NNC(=S)NCC[NH+]1CCOCC1. The summed E-state index contributed by atoms with van der Waals surface area (Å²) in [5.41, 5.74) is 5.70. The lowest BCUT2D eigenvalue weighted by Gasteiger charge is -2.24. The van der Waals surface area contributed by atoms with Gasteiger partial charge in [0.05, 0.1) is 38.1 Å². The van der Waals surface area contributed by atoms with Crippen LogP contribution >= 0.6 is 12.2 Å². The maximum Gasteiger partial charge on any atom is 0.273 e. The van der Waals surface area contributed by atoms with Gasteiger partial charge in [0.1, 0.15) is 18.8 Å². The Labute approximate surface area is 129 Å². The molecule has 1 saturated heterocycles. The highest BCUT2D eigenvalue weighted by Gasteiger charge is 2.13. The summed E-state index contributed by atoms with van der Waals surface area (Å²) in [5, 5.41) is 3.47. The van der Waals surface area contributed by atoms with Crippen LogP contribution in [0.5, 0.6) is 0 Å². The fraction of sp³-hybridized carbons (Fsp3) is 0.538. The normalized spacial score (nSPS) is 15.5. The minimum Gasteiger partial charge on any atom is -0.469 e. The zero-order chi connectivity index (χ0) is 15.1. The Morgan fingerprint density at radius 3 is 2.81 bits per heavy atom. The molecule has 0 spiro atoms. The predicted octanol–water partition coefficient (Wildman–Crippen LogP) is -1.39. The predicted molar refractivity (Wildman–Crippen MR) is 81.0 cm³/mol. The van der Waals surface area contributed by atoms with Crippen molar-refractivity contribution in [1.29, 1.82) is 0 Å². The molecular weight excluding hydrogens is 292 g/mol. The first-order chi connectivity index (χ1) is 10.2. The lowest BCUT2D eigenvalue weighted by Crippen LogP contribution is -3.14. The fourth-order valence-corrected chi connectivity index (χ4v) is 2.26. The van der Waals surface area contributed by atoms with Gasteiger partial charge in [-0.2, -0.15) is 0 Å². The Kier molecular flexibility index (Phi) is 5.97. The van der Waals surface area contributed by atoms with Crippen LogP contribution in [0.15, 0.2) is 16.7 Å². The second-order valence-corrected chi connectivity index (χ2v) is 5.25.